The molecule has 1 aliphatic rings. The van der Waals surface area contributed by atoms with Crippen molar-refractivity contribution in [2.75, 3.05) is 60.5 Å². The first-order chi connectivity index (χ1) is 10.3. The van der Waals surface area contributed by atoms with Crippen LogP contribution in [0.25, 0.3) is 0 Å². The summed E-state index contributed by atoms with van der Waals surface area (Å²) in [4.78, 5) is 15.1. The van der Waals surface area contributed by atoms with Crippen LogP contribution in [0.2, 0.25) is 0 Å². The number of aromatic nitrogens is 3. The van der Waals surface area contributed by atoms with Crippen molar-refractivity contribution < 1.29 is 4.74 Å². The Morgan fingerprint density at radius 2 is 1.95 bits per heavy atom. The standard InChI is InChI=1S/C12H23N7OS/c1-21-9-3-2-4-14-10-15-11(18-13)17-12(16-10)19-5-7-20-8-6-19/h2-9,13H2,1H3,(H2,14,15,16,17,18). The molecule has 0 aliphatic carbocycles. The Labute approximate surface area is 129 Å². The molecule has 0 aromatic carbocycles. The van der Waals surface area contributed by atoms with Crippen LogP contribution in [0.4, 0.5) is 17.8 Å². The lowest BCUT2D eigenvalue weighted by Crippen LogP contribution is -2.37. The molecule has 1 aromatic rings. The number of rotatable bonds is 8. The normalized spacial score (nSPS) is 15.0. The zero-order valence-electron chi connectivity index (χ0n) is 12.3. The van der Waals surface area contributed by atoms with Crippen LogP contribution >= 0.6 is 11.8 Å². The predicted octanol–water partition coefficient (Wildman–Crippen LogP) is 0.549. The molecule has 1 fully saturated rings. The van der Waals surface area contributed by atoms with Crippen LogP contribution in [-0.4, -0.2) is 59.8 Å². The average Bonchev–Trinajstić information content (AvgIpc) is 2.55. The number of morpholine rings is 1. The maximum absolute atomic E-state index is 5.44. The Bertz CT molecular complexity index is 428. The molecule has 118 valence electrons. The van der Waals surface area contributed by atoms with E-state index in [1.54, 1.807) is 0 Å². The number of ether oxygens (including phenoxy) is 1. The maximum Gasteiger partial charge on any atom is 0.243 e. The van der Waals surface area contributed by atoms with Gasteiger partial charge in [-0.1, -0.05) is 0 Å². The van der Waals surface area contributed by atoms with E-state index in [-0.39, 0.29) is 0 Å². The van der Waals surface area contributed by atoms with Gasteiger partial charge in [-0.25, -0.2) is 5.84 Å². The van der Waals surface area contributed by atoms with Crippen molar-refractivity contribution >= 4 is 29.6 Å². The van der Waals surface area contributed by atoms with E-state index in [9.17, 15) is 0 Å². The Morgan fingerprint density at radius 3 is 2.67 bits per heavy atom. The summed E-state index contributed by atoms with van der Waals surface area (Å²) in [5.41, 5.74) is 2.49. The lowest BCUT2D eigenvalue weighted by atomic mass is 10.3. The van der Waals surface area contributed by atoms with Gasteiger partial charge in [0, 0.05) is 19.6 Å². The van der Waals surface area contributed by atoms with E-state index < -0.39 is 0 Å². The molecule has 0 saturated carbocycles. The highest BCUT2D eigenvalue weighted by molar-refractivity contribution is 7.98. The molecule has 0 radical (unpaired) electrons. The number of nitrogens with zero attached hydrogens (tertiary/aromatic N) is 4. The molecule has 1 aromatic heterocycles. The summed E-state index contributed by atoms with van der Waals surface area (Å²) in [6.07, 6.45) is 4.38. The highest BCUT2D eigenvalue weighted by Gasteiger charge is 2.16. The molecule has 2 rings (SSSR count). The van der Waals surface area contributed by atoms with Gasteiger partial charge < -0.3 is 15.0 Å². The van der Waals surface area contributed by atoms with E-state index in [4.69, 9.17) is 10.6 Å². The van der Waals surface area contributed by atoms with Crippen molar-refractivity contribution in [1.82, 2.24) is 15.0 Å². The monoisotopic (exact) mass is 313 g/mol. The first-order valence-corrected chi connectivity index (χ1v) is 8.51. The third kappa shape index (κ3) is 5.18. The van der Waals surface area contributed by atoms with Crippen LogP contribution in [0.3, 0.4) is 0 Å². The van der Waals surface area contributed by atoms with Gasteiger partial charge >= 0.3 is 0 Å². The van der Waals surface area contributed by atoms with Gasteiger partial charge in [-0.05, 0) is 24.9 Å². The third-order valence-corrected chi connectivity index (χ3v) is 3.80. The predicted molar refractivity (Wildman–Crippen MR) is 86.8 cm³/mol. The van der Waals surface area contributed by atoms with Crippen molar-refractivity contribution in [1.29, 1.82) is 0 Å². The van der Waals surface area contributed by atoms with Crippen molar-refractivity contribution in [3.8, 4) is 0 Å². The number of hydrazine groups is 1. The summed E-state index contributed by atoms with van der Waals surface area (Å²) in [5, 5.41) is 3.23. The zero-order valence-corrected chi connectivity index (χ0v) is 13.2. The molecule has 1 aliphatic heterocycles. The van der Waals surface area contributed by atoms with Crippen molar-refractivity contribution in [3.05, 3.63) is 0 Å². The van der Waals surface area contributed by atoms with Crippen LogP contribution in [0, 0.1) is 0 Å². The van der Waals surface area contributed by atoms with E-state index in [0.717, 1.165) is 26.1 Å². The van der Waals surface area contributed by atoms with Gasteiger partial charge in [-0.15, -0.1) is 0 Å². The lowest BCUT2D eigenvalue weighted by molar-refractivity contribution is 0.122. The van der Waals surface area contributed by atoms with Crippen molar-refractivity contribution in [2.24, 2.45) is 5.84 Å². The van der Waals surface area contributed by atoms with Crippen LogP contribution in [0.5, 0.6) is 0 Å². The molecular formula is C12H23N7OS. The number of hydrogen-bond donors (Lipinski definition) is 3. The van der Waals surface area contributed by atoms with Crippen LogP contribution in [0.1, 0.15) is 12.8 Å². The zero-order chi connectivity index (χ0) is 14.9. The number of nitrogen functional groups attached to an aromatic ring is 1. The number of hydrogen-bond acceptors (Lipinski definition) is 9. The summed E-state index contributed by atoms with van der Waals surface area (Å²) >= 11 is 1.86. The minimum atomic E-state index is 0.373. The number of thioether (sulfide) groups is 1. The van der Waals surface area contributed by atoms with E-state index in [0.29, 0.717) is 31.1 Å². The fourth-order valence-corrected chi connectivity index (χ4v) is 2.48. The van der Waals surface area contributed by atoms with E-state index in [1.807, 2.05) is 11.8 Å². The minimum Gasteiger partial charge on any atom is -0.378 e. The molecule has 0 unspecified atom stereocenters. The smallest absolute Gasteiger partial charge is 0.243 e. The summed E-state index contributed by atoms with van der Waals surface area (Å²) in [6, 6.07) is 0. The Kier molecular flexibility index (Phi) is 6.77. The molecule has 1 saturated heterocycles. The van der Waals surface area contributed by atoms with Crippen LogP contribution in [-0.2, 0) is 4.74 Å². The first-order valence-electron chi connectivity index (χ1n) is 7.11. The average molecular weight is 313 g/mol. The topological polar surface area (TPSA) is 101 Å². The summed E-state index contributed by atoms with van der Waals surface area (Å²) < 4.78 is 5.34. The summed E-state index contributed by atoms with van der Waals surface area (Å²) in [5.74, 6) is 8.17. The number of unbranched alkanes of at least 4 members (excludes halogenated alkanes) is 1. The Morgan fingerprint density at radius 1 is 1.19 bits per heavy atom. The van der Waals surface area contributed by atoms with Crippen LogP contribution in [0.15, 0.2) is 0 Å². The molecule has 4 N–H and O–H groups in total. The quantitative estimate of drug-likeness (QED) is 0.361. The van der Waals surface area contributed by atoms with E-state index in [2.05, 4.69) is 36.9 Å². The Balaban J connectivity index is 1.96. The number of nitrogens with two attached hydrogens (primary N) is 1. The highest BCUT2D eigenvalue weighted by Crippen LogP contribution is 2.14. The van der Waals surface area contributed by atoms with Crippen molar-refractivity contribution in [2.45, 2.75) is 12.8 Å². The fourth-order valence-electron chi connectivity index (χ4n) is 1.98. The molecule has 2 heterocycles. The van der Waals surface area contributed by atoms with Gasteiger partial charge in [0.25, 0.3) is 0 Å². The van der Waals surface area contributed by atoms with Crippen LogP contribution < -0.4 is 21.5 Å². The van der Waals surface area contributed by atoms with Gasteiger partial charge in [0.2, 0.25) is 17.8 Å². The highest BCUT2D eigenvalue weighted by atomic mass is 32.2. The SMILES string of the molecule is CSCCCCNc1nc(NN)nc(N2CCOCC2)n1. The van der Waals surface area contributed by atoms with Gasteiger partial charge in [-0.3, -0.25) is 5.43 Å². The first kappa shape index (κ1) is 16.1. The molecule has 8 nitrogen and oxygen atoms in total. The fraction of sp³-hybridized carbons (Fsp3) is 0.750. The van der Waals surface area contributed by atoms with E-state index >= 15 is 0 Å². The lowest BCUT2D eigenvalue weighted by Gasteiger charge is -2.27. The van der Waals surface area contributed by atoms with Gasteiger partial charge in [-0.2, -0.15) is 26.7 Å². The van der Waals surface area contributed by atoms with Crippen molar-refractivity contribution in [3.63, 3.8) is 0 Å². The number of nitrogens with one attached hydrogen (secondary N) is 2. The molecule has 21 heavy (non-hydrogen) atoms. The second kappa shape index (κ2) is 8.85. The molecule has 0 amide bonds. The van der Waals surface area contributed by atoms with Gasteiger partial charge in [0.05, 0.1) is 13.2 Å². The van der Waals surface area contributed by atoms with E-state index in [1.165, 1.54) is 12.2 Å². The second-order valence-corrected chi connectivity index (χ2v) is 5.64. The molecule has 0 bridgehead atoms. The van der Waals surface area contributed by atoms with Gasteiger partial charge in [0.1, 0.15) is 0 Å². The molecular weight excluding hydrogens is 290 g/mol. The van der Waals surface area contributed by atoms with Gasteiger partial charge in [0.15, 0.2) is 0 Å². The maximum atomic E-state index is 5.44. The third-order valence-electron chi connectivity index (χ3n) is 3.10. The Hall–Kier alpha value is -1.32. The molecule has 0 spiro atoms. The summed E-state index contributed by atoms with van der Waals surface area (Å²) in [7, 11) is 0. The minimum absolute atomic E-state index is 0.373. The summed E-state index contributed by atoms with van der Waals surface area (Å²) in [6.45, 7) is 3.78. The largest absolute Gasteiger partial charge is 0.378 e. The second-order valence-electron chi connectivity index (χ2n) is 4.65. The number of anilines is 3. The molecule has 9 heteroatoms. The molecule has 0 atom stereocenters.